The van der Waals surface area contributed by atoms with Crippen molar-refractivity contribution in [2.24, 2.45) is 0 Å². The van der Waals surface area contributed by atoms with Crippen molar-refractivity contribution in [1.82, 2.24) is 0 Å². The average Bonchev–Trinajstić information content (AvgIpc) is 2.50. The van der Waals surface area contributed by atoms with Gasteiger partial charge in [0.2, 0.25) is 0 Å². The number of ether oxygens (including phenoxy) is 2. The molecule has 1 N–H and O–H groups in total. The second kappa shape index (κ2) is 6.81. The minimum Gasteiger partial charge on any atom is -0.486 e. The summed E-state index contributed by atoms with van der Waals surface area (Å²) in [6.07, 6.45) is 0. The molecule has 5 nitrogen and oxygen atoms in total. The Balaban J connectivity index is 0.000000162. The van der Waals surface area contributed by atoms with E-state index >= 15 is 0 Å². The van der Waals surface area contributed by atoms with Crippen LogP contribution in [0.4, 0.5) is 0 Å². The van der Waals surface area contributed by atoms with Gasteiger partial charge in [-0.05, 0) is 49.2 Å². The van der Waals surface area contributed by atoms with Crippen molar-refractivity contribution in [3.63, 3.8) is 0 Å². The second-order valence-corrected chi connectivity index (χ2v) is 6.29. The Bertz CT molecular complexity index is 728. The molecule has 3 rings (SSSR count). The predicted octanol–water partition coefficient (Wildman–Crippen LogP) is 3.01. The van der Waals surface area contributed by atoms with Gasteiger partial charge in [-0.2, -0.15) is 8.42 Å². The van der Waals surface area contributed by atoms with E-state index < -0.39 is 10.1 Å². The van der Waals surface area contributed by atoms with E-state index in [1.54, 1.807) is 13.0 Å². The largest absolute Gasteiger partial charge is 0.486 e. The third-order valence-corrected chi connectivity index (χ3v) is 4.07. The monoisotopic (exact) mass is 322 g/mol. The molecule has 2 aromatic rings. The molecule has 1 aliphatic rings. The van der Waals surface area contributed by atoms with Crippen LogP contribution in [-0.2, 0) is 10.1 Å². The first-order valence-corrected chi connectivity index (χ1v) is 8.21. The van der Waals surface area contributed by atoms with E-state index in [4.69, 9.17) is 14.0 Å². The van der Waals surface area contributed by atoms with Gasteiger partial charge in [-0.3, -0.25) is 4.55 Å². The third-order valence-electron chi connectivity index (χ3n) is 3.22. The number of hydrogen-bond donors (Lipinski definition) is 1. The molecule has 2 aromatic carbocycles. The van der Waals surface area contributed by atoms with Crippen molar-refractivity contribution in [2.75, 3.05) is 13.2 Å². The van der Waals surface area contributed by atoms with Gasteiger partial charge in [-0.25, -0.2) is 0 Å². The number of benzene rings is 2. The first-order chi connectivity index (χ1) is 10.4. The first-order valence-electron chi connectivity index (χ1n) is 6.77. The van der Waals surface area contributed by atoms with Crippen LogP contribution >= 0.6 is 0 Å². The SMILES string of the molecule is Cc1ccc(S(=O)(=O)O)cc1C.c1ccc2c(c1)OCCO2. The fourth-order valence-corrected chi connectivity index (χ4v) is 2.43. The van der Waals surface area contributed by atoms with E-state index in [1.165, 1.54) is 12.1 Å². The van der Waals surface area contributed by atoms with E-state index in [-0.39, 0.29) is 4.90 Å². The zero-order valence-electron chi connectivity index (χ0n) is 12.4. The minimum atomic E-state index is -4.04. The number of fused-ring (bicyclic) bond motifs is 1. The third kappa shape index (κ3) is 4.22. The lowest BCUT2D eigenvalue weighted by Crippen LogP contribution is -2.14. The average molecular weight is 322 g/mol. The molecule has 0 bridgehead atoms. The molecule has 0 fully saturated rings. The number of hydrogen-bond acceptors (Lipinski definition) is 4. The van der Waals surface area contributed by atoms with Gasteiger partial charge in [0, 0.05) is 0 Å². The molecule has 0 atom stereocenters. The highest BCUT2D eigenvalue weighted by molar-refractivity contribution is 7.85. The Kier molecular flexibility index (Phi) is 5.05. The normalized spacial score (nSPS) is 13.0. The summed E-state index contributed by atoms with van der Waals surface area (Å²) in [5, 5.41) is 0. The van der Waals surface area contributed by atoms with Crippen molar-refractivity contribution < 1.29 is 22.4 Å². The molecular weight excluding hydrogens is 304 g/mol. The van der Waals surface area contributed by atoms with Gasteiger partial charge in [0.05, 0.1) is 4.90 Å². The van der Waals surface area contributed by atoms with Crippen LogP contribution in [0.2, 0.25) is 0 Å². The Morgan fingerprint density at radius 2 is 1.45 bits per heavy atom. The van der Waals surface area contributed by atoms with E-state index in [1.807, 2.05) is 31.2 Å². The maximum absolute atomic E-state index is 10.7. The van der Waals surface area contributed by atoms with Crippen LogP contribution in [-0.4, -0.2) is 26.2 Å². The van der Waals surface area contributed by atoms with Gasteiger partial charge in [-0.1, -0.05) is 18.2 Å². The molecular formula is C16H18O5S. The van der Waals surface area contributed by atoms with Crippen LogP contribution in [0.25, 0.3) is 0 Å². The highest BCUT2D eigenvalue weighted by atomic mass is 32.2. The lowest BCUT2D eigenvalue weighted by molar-refractivity contribution is 0.171. The molecule has 0 aromatic heterocycles. The summed E-state index contributed by atoms with van der Waals surface area (Å²) in [6.45, 7) is 5.00. The highest BCUT2D eigenvalue weighted by Crippen LogP contribution is 2.28. The zero-order chi connectivity index (χ0) is 16.2. The number of aryl methyl sites for hydroxylation is 2. The molecule has 0 spiro atoms. The van der Waals surface area contributed by atoms with Crippen LogP contribution in [0.5, 0.6) is 11.5 Å². The van der Waals surface area contributed by atoms with Gasteiger partial charge in [0.25, 0.3) is 10.1 Å². The molecule has 1 heterocycles. The summed E-state index contributed by atoms with van der Waals surface area (Å²) >= 11 is 0. The fourth-order valence-electron chi connectivity index (χ4n) is 1.87. The summed E-state index contributed by atoms with van der Waals surface area (Å²) in [6, 6.07) is 12.2. The molecule has 22 heavy (non-hydrogen) atoms. The van der Waals surface area contributed by atoms with Crippen molar-refractivity contribution >= 4 is 10.1 Å². The van der Waals surface area contributed by atoms with E-state index in [0.29, 0.717) is 13.2 Å². The standard InChI is InChI=1S/C8H10O3S.C8H8O2/c1-6-3-4-8(5-7(6)2)12(9,10)11;1-2-4-8-7(3-1)9-5-6-10-8/h3-5H,1-2H3,(H,9,10,11);1-4H,5-6H2. The predicted molar refractivity (Wildman–Crippen MR) is 83.2 cm³/mol. The fraction of sp³-hybridized carbons (Fsp3) is 0.250. The van der Waals surface area contributed by atoms with Crippen molar-refractivity contribution in [3.8, 4) is 11.5 Å². The van der Waals surface area contributed by atoms with E-state index in [0.717, 1.165) is 22.6 Å². The van der Waals surface area contributed by atoms with Crippen LogP contribution in [0.3, 0.4) is 0 Å². The van der Waals surface area contributed by atoms with Gasteiger partial charge in [-0.15, -0.1) is 0 Å². The zero-order valence-corrected chi connectivity index (χ0v) is 13.3. The molecule has 0 saturated carbocycles. The van der Waals surface area contributed by atoms with Crippen LogP contribution in [0.1, 0.15) is 11.1 Å². The van der Waals surface area contributed by atoms with Crippen LogP contribution in [0, 0.1) is 13.8 Å². The van der Waals surface area contributed by atoms with Gasteiger partial charge in [0.15, 0.2) is 11.5 Å². The Hall–Kier alpha value is -2.05. The number of para-hydroxylation sites is 2. The molecule has 0 amide bonds. The van der Waals surface area contributed by atoms with E-state index in [2.05, 4.69) is 0 Å². The minimum absolute atomic E-state index is 0.0504. The summed E-state index contributed by atoms with van der Waals surface area (Å²) in [5.74, 6) is 1.71. The molecule has 0 radical (unpaired) electrons. The number of rotatable bonds is 1. The summed E-state index contributed by atoms with van der Waals surface area (Å²) in [7, 11) is -4.04. The van der Waals surface area contributed by atoms with Crippen molar-refractivity contribution in [2.45, 2.75) is 18.7 Å². The molecule has 0 saturated heterocycles. The Morgan fingerprint density at radius 3 is 1.91 bits per heavy atom. The Labute approximate surface area is 130 Å². The van der Waals surface area contributed by atoms with Gasteiger partial charge in [0.1, 0.15) is 13.2 Å². The summed E-state index contributed by atoms with van der Waals surface area (Å²) in [5.41, 5.74) is 1.85. The smallest absolute Gasteiger partial charge is 0.294 e. The summed E-state index contributed by atoms with van der Waals surface area (Å²) < 4.78 is 40.6. The second-order valence-electron chi connectivity index (χ2n) is 4.86. The lowest BCUT2D eigenvalue weighted by Gasteiger charge is -2.17. The maximum atomic E-state index is 10.7. The molecule has 0 aliphatic carbocycles. The van der Waals surface area contributed by atoms with Gasteiger partial charge < -0.3 is 9.47 Å². The first kappa shape index (κ1) is 16.3. The quantitative estimate of drug-likeness (QED) is 0.817. The van der Waals surface area contributed by atoms with Gasteiger partial charge >= 0.3 is 0 Å². The molecule has 1 aliphatic heterocycles. The van der Waals surface area contributed by atoms with Crippen molar-refractivity contribution in [1.29, 1.82) is 0 Å². The molecule has 118 valence electrons. The molecule has 0 unspecified atom stereocenters. The topological polar surface area (TPSA) is 72.8 Å². The summed E-state index contributed by atoms with van der Waals surface area (Å²) in [4.78, 5) is -0.0504. The molecule has 6 heteroatoms. The highest BCUT2D eigenvalue weighted by Gasteiger charge is 2.09. The lowest BCUT2D eigenvalue weighted by atomic mass is 10.1. The maximum Gasteiger partial charge on any atom is 0.294 e. The van der Waals surface area contributed by atoms with E-state index in [9.17, 15) is 8.42 Å². The van der Waals surface area contributed by atoms with Crippen molar-refractivity contribution in [3.05, 3.63) is 53.6 Å². The van der Waals surface area contributed by atoms with Crippen LogP contribution in [0.15, 0.2) is 47.4 Å². The Morgan fingerprint density at radius 1 is 0.909 bits per heavy atom. The van der Waals surface area contributed by atoms with Crippen LogP contribution < -0.4 is 9.47 Å².